The number of amides is 1. The van der Waals surface area contributed by atoms with E-state index in [4.69, 9.17) is 4.74 Å². The number of carbonyl (C=O) groups excluding carboxylic acids is 2. The molecular weight excluding hydrogens is 244 g/mol. The molecule has 0 saturated heterocycles. The maximum Gasteiger partial charge on any atom is 0.338 e. The molecule has 2 aromatic rings. The van der Waals surface area contributed by atoms with E-state index in [0.717, 1.165) is 0 Å². The third-order valence-corrected chi connectivity index (χ3v) is 2.50. The van der Waals surface area contributed by atoms with E-state index in [9.17, 15) is 9.59 Å². The van der Waals surface area contributed by atoms with Crippen LogP contribution in [0.5, 0.6) is 0 Å². The Morgan fingerprint density at radius 3 is 2.53 bits per heavy atom. The van der Waals surface area contributed by atoms with Crippen LogP contribution in [0.15, 0.2) is 42.6 Å². The number of aromatic nitrogens is 1. The van der Waals surface area contributed by atoms with Crippen molar-refractivity contribution >= 4 is 17.6 Å². The van der Waals surface area contributed by atoms with E-state index < -0.39 is 0 Å². The highest BCUT2D eigenvalue weighted by Gasteiger charge is 2.08. The highest BCUT2D eigenvalue weighted by atomic mass is 16.5. The quantitative estimate of drug-likeness (QED) is 0.827. The molecule has 0 aliphatic heterocycles. The van der Waals surface area contributed by atoms with Gasteiger partial charge in [0.05, 0.1) is 12.2 Å². The topological polar surface area (TPSA) is 71.2 Å². The van der Waals surface area contributed by atoms with Gasteiger partial charge in [-0.2, -0.15) is 0 Å². The Morgan fingerprint density at radius 1 is 1.21 bits per heavy atom. The molecule has 0 aliphatic carbocycles. The van der Waals surface area contributed by atoms with E-state index >= 15 is 0 Å². The highest BCUT2D eigenvalue weighted by molar-refractivity contribution is 6.03. The van der Waals surface area contributed by atoms with Crippen molar-refractivity contribution < 1.29 is 14.3 Å². The Bertz CT molecular complexity index is 559. The molecule has 2 N–H and O–H groups in total. The molecule has 0 aliphatic rings. The summed E-state index contributed by atoms with van der Waals surface area (Å²) < 4.78 is 4.88. The normalized spacial score (nSPS) is 9.95. The van der Waals surface area contributed by atoms with Crippen molar-refractivity contribution in [1.82, 2.24) is 4.98 Å². The molecule has 19 heavy (non-hydrogen) atoms. The first-order valence-corrected chi connectivity index (χ1v) is 5.92. The minimum Gasteiger partial charge on any atom is -0.462 e. The minimum absolute atomic E-state index is 0.228. The number of ether oxygens (including phenoxy) is 1. The maximum absolute atomic E-state index is 11.8. The molecule has 0 bridgehead atoms. The smallest absolute Gasteiger partial charge is 0.338 e. The van der Waals surface area contributed by atoms with Gasteiger partial charge in [-0.25, -0.2) is 4.79 Å². The Hall–Kier alpha value is -2.56. The van der Waals surface area contributed by atoms with Crippen molar-refractivity contribution in [3.05, 3.63) is 53.9 Å². The van der Waals surface area contributed by atoms with Gasteiger partial charge in [-0.15, -0.1) is 0 Å². The van der Waals surface area contributed by atoms with Gasteiger partial charge in [0.25, 0.3) is 5.91 Å². The third kappa shape index (κ3) is 3.22. The molecule has 5 heteroatoms. The molecule has 0 fully saturated rings. The molecule has 98 valence electrons. The first-order chi connectivity index (χ1) is 9.20. The van der Waals surface area contributed by atoms with Crippen LogP contribution >= 0.6 is 0 Å². The number of hydrogen-bond donors (Lipinski definition) is 2. The molecule has 0 atom stereocenters. The lowest BCUT2D eigenvalue weighted by molar-refractivity contribution is 0.0526. The van der Waals surface area contributed by atoms with Crippen molar-refractivity contribution in [3.63, 3.8) is 0 Å². The summed E-state index contributed by atoms with van der Waals surface area (Å²) >= 11 is 0. The zero-order valence-corrected chi connectivity index (χ0v) is 10.5. The first-order valence-electron chi connectivity index (χ1n) is 5.92. The number of anilines is 1. The number of benzene rings is 1. The molecule has 2 rings (SSSR count). The Morgan fingerprint density at radius 2 is 1.95 bits per heavy atom. The molecule has 1 aromatic heterocycles. The van der Waals surface area contributed by atoms with Gasteiger partial charge in [-0.1, -0.05) is 0 Å². The molecule has 0 unspecified atom stereocenters. The summed E-state index contributed by atoms with van der Waals surface area (Å²) in [5.74, 6) is -0.598. The van der Waals surface area contributed by atoms with Gasteiger partial charge in [0.1, 0.15) is 5.69 Å². The van der Waals surface area contributed by atoms with Gasteiger partial charge in [0.15, 0.2) is 0 Å². The number of nitrogens with one attached hydrogen (secondary N) is 2. The van der Waals surface area contributed by atoms with E-state index in [2.05, 4.69) is 10.3 Å². The van der Waals surface area contributed by atoms with Crippen molar-refractivity contribution in [1.29, 1.82) is 0 Å². The predicted molar refractivity (Wildman–Crippen MR) is 71.1 cm³/mol. The maximum atomic E-state index is 11.8. The van der Waals surface area contributed by atoms with Gasteiger partial charge in [0, 0.05) is 11.9 Å². The molecule has 5 nitrogen and oxygen atoms in total. The van der Waals surface area contributed by atoms with E-state index in [-0.39, 0.29) is 11.9 Å². The monoisotopic (exact) mass is 258 g/mol. The summed E-state index contributed by atoms with van der Waals surface area (Å²) in [6, 6.07) is 9.98. The van der Waals surface area contributed by atoms with Crippen LogP contribution in [-0.4, -0.2) is 23.5 Å². The average Bonchev–Trinajstić information content (AvgIpc) is 2.94. The summed E-state index contributed by atoms with van der Waals surface area (Å²) in [6.07, 6.45) is 1.68. The summed E-state index contributed by atoms with van der Waals surface area (Å²) in [4.78, 5) is 26.0. The highest BCUT2D eigenvalue weighted by Crippen LogP contribution is 2.11. The fourth-order valence-corrected chi connectivity index (χ4v) is 1.57. The third-order valence-electron chi connectivity index (χ3n) is 2.50. The number of hydrogen-bond acceptors (Lipinski definition) is 3. The van der Waals surface area contributed by atoms with Crippen molar-refractivity contribution in [3.8, 4) is 0 Å². The standard InChI is InChI=1S/C14H14N2O3/c1-2-19-14(18)10-5-7-11(8-6-10)16-13(17)12-4-3-9-15-12/h3-9,15H,2H2,1H3,(H,16,17). The van der Waals surface area contributed by atoms with Crippen molar-refractivity contribution in [2.75, 3.05) is 11.9 Å². The number of aromatic amines is 1. The van der Waals surface area contributed by atoms with Crippen LogP contribution in [0.4, 0.5) is 5.69 Å². The van der Waals surface area contributed by atoms with E-state index in [1.54, 1.807) is 49.5 Å². The Balaban J connectivity index is 2.03. The number of carbonyl (C=O) groups is 2. The second-order valence-electron chi connectivity index (χ2n) is 3.84. The van der Waals surface area contributed by atoms with Crippen LogP contribution in [0.2, 0.25) is 0 Å². The van der Waals surface area contributed by atoms with Gasteiger partial charge in [-0.05, 0) is 43.3 Å². The zero-order chi connectivity index (χ0) is 13.7. The lowest BCUT2D eigenvalue weighted by atomic mass is 10.2. The van der Waals surface area contributed by atoms with E-state index in [0.29, 0.717) is 23.6 Å². The number of rotatable bonds is 4. The largest absolute Gasteiger partial charge is 0.462 e. The molecule has 0 spiro atoms. The zero-order valence-electron chi connectivity index (χ0n) is 10.5. The first kappa shape index (κ1) is 12.9. The predicted octanol–water partition coefficient (Wildman–Crippen LogP) is 2.44. The summed E-state index contributed by atoms with van der Waals surface area (Å²) in [5, 5.41) is 2.72. The van der Waals surface area contributed by atoms with Crippen LogP contribution in [0.3, 0.4) is 0 Å². The fraction of sp³-hybridized carbons (Fsp3) is 0.143. The van der Waals surface area contributed by atoms with Gasteiger partial charge in [-0.3, -0.25) is 4.79 Å². The van der Waals surface area contributed by atoms with E-state index in [1.807, 2.05) is 0 Å². The minimum atomic E-state index is -0.371. The molecule has 1 aromatic carbocycles. The second kappa shape index (κ2) is 5.86. The van der Waals surface area contributed by atoms with Crippen molar-refractivity contribution in [2.24, 2.45) is 0 Å². The van der Waals surface area contributed by atoms with Crippen molar-refractivity contribution in [2.45, 2.75) is 6.92 Å². The molecule has 1 amide bonds. The molecule has 0 radical (unpaired) electrons. The van der Waals surface area contributed by atoms with E-state index in [1.165, 1.54) is 0 Å². The molecule has 1 heterocycles. The molecule has 0 saturated carbocycles. The van der Waals surface area contributed by atoms with Gasteiger partial charge < -0.3 is 15.0 Å². The average molecular weight is 258 g/mol. The lowest BCUT2D eigenvalue weighted by Crippen LogP contribution is -2.12. The summed E-state index contributed by atoms with van der Waals surface area (Å²) in [7, 11) is 0. The van der Waals surface area contributed by atoms with Gasteiger partial charge >= 0.3 is 5.97 Å². The van der Waals surface area contributed by atoms with Crippen LogP contribution in [0.25, 0.3) is 0 Å². The van der Waals surface area contributed by atoms with Crippen LogP contribution in [0, 0.1) is 0 Å². The summed E-state index contributed by atoms with van der Waals surface area (Å²) in [5.41, 5.74) is 1.56. The molecular formula is C14H14N2O3. The van der Waals surface area contributed by atoms with Crippen LogP contribution in [0.1, 0.15) is 27.8 Å². The SMILES string of the molecule is CCOC(=O)c1ccc(NC(=O)c2ccc[nH]2)cc1. The fourth-order valence-electron chi connectivity index (χ4n) is 1.57. The number of esters is 1. The second-order valence-corrected chi connectivity index (χ2v) is 3.84. The van der Waals surface area contributed by atoms with Gasteiger partial charge in [0.2, 0.25) is 0 Å². The Labute approximate surface area is 110 Å². The number of H-pyrrole nitrogens is 1. The van der Waals surface area contributed by atoms with Crippen LogP contribution in [-0.2, 0) is 4.74 Å². The summed E-state index contributed by atoms with van der Waals surface area (Å²) in [6.45, 7) is 2.09. The lowest BCUT2D eigenvalue weighted by Gasteiger charge is -2.05. The Kier molecular flexibility index (Phi) is 3.97. The van der Waals surface area contributed by atoms with Crippen LogP contribution < -0.4 is 5.32 Å².